The van der Waals surface area contributed by atoms with Gasteiger partial charge in [-0.15, -0.1) is 0 Å². The minimum atomic E-state index is -4.29. The van der Waals surface area contributed by atoms with E-state index in [0.717, 1.165) is 6.07 Å². The van der Waals surface area contributed by atoms with Crippen molar-refractivity contribution in [2.24, 2.45) is 0 Å². The number of hydrogen-bond acceptors (Lipinski definition) is 3. The van der Waals surface area contributed by atoms with E-state index in [4.69, 9.17) is 0 Å². The van der Waals surface area contributed by atoms with Crippen molar-refractivity contribution >= 4 is 6.16 Å². The Labute approximate surface area is 96.1 Å². The Bertz CT molecular complexity index is 388. The lowest BCUT2D eigenvalue weighted by atomic mass is 10.1. The Morgan fingerprint density at radius 1 is 1.35 bits per heavy atom. The monoisotopic (exact) mass is 248 g/mol. The first-order valence-corrected chi connectivity index (χ1v) is 4.91. The molecule has 0 saturated heterocycles. The largest absolute Gasteiger partial charge is 0.513 e. The van der Waals surface area contributed by atoms with Crippen molar-refractivity contribution in [1.82, 2.24) is 0 Å². The van der Waals surface area contributed by atoms with E-state index in [1.54, 1.807) is 6.92 Å². The Morgan fingerprint density at radius 3 is 2.65 bits per heavy atom. The van der Waals surface area contributed by atoms with Crippen LogP contribution in [0.3, 0.4) is 0 Å². The Balaban J connectivity index is 2.69. The van der Waals surface area contributed by atoms with Gasteiger partial charge in [0.2, 0.25) is 0 Å². The van der Waals surface area contributed by atoms with Gasteiger partial charge in [-0.1, -0.05) is 12.1 Å². The first-order valence-electron chi connectivity index (χ1n) is 4.91. The van der Waals surface area contributed by atoms with Crippen LogP contribution < -0.4 is 4.74 Å². The summed E-state index contributed by atoms with van der Waals surface area (Å²) >= 11 is 0. The number of benzene rings is 1. The van der Waals surface area contributed by atoms with E-state index < -0.39 is 18.8 Å². The summed E-state index contributed by atoms with van der Waals surface area (Å²) in [4.78, 5) is 10.9. The van der Waals surface area contributed by atoms with Crippen LogP contribution in [-0.2, 0) is 11.2 Å². The van der Waals surface area contributed by atoms with Crippen LogP contribution in [-0.4, -0.2) is 18.9 Å². The summed E-state index contributed by atoms with van der Waals surface area (Å²) in [7, 11) is 0. The molecule has 0 unspecified atom stereocenters. The fourth-order valence-corrected chi connectivity index (χ4v) is 1.19. The quantitative estimate of drug-likeness (QED) is 0.608. The van der Waals surface area contributed by atoms with Gasteiger partial charge in [-0.05, 0) is 24.6 Å². The van der Waals surface area contributed by atoms with E-state index in [-0.39, 0.29) is 17.9 Å². The third-order valence-corrected chi connectivity index (χ3v) is 1.77. The van der Waals surface area contributed by atoms with E-state index >= 15 is 0 Å². The normalized spacial score (nSPS) is 11.1. The van der Waals surface area contributed by atoms with Gasteiger partial charge in [-0.25, -0.2) is 4.79 Å². The fraction of sp³-hybridized carbons (Fsp3) is 0.364. The van der Waals surface area contributed by atoms with Crippen molar-refractivity contribution in [2.75, 3.05) is 6.61 Å². The molecule has 17 heavy (non-hydrogen) atoms. The maximum absolute atomic E-state index is 12.1. The highest BCUT2D eigenvalue weighted by Crippen LogP contribution is 2.23. The van der Waals surface area contributed by atoms with Crippen LogP contribution in [0.4, 0.5) is 18.0 Å². The number of carbonyl (C=O) groups is 1. The van der Waals surface area contributed by atoms with Crippen molar-refractivity contribution in [2.45, 2.75) is 19.5 Å². The highest BCUT2D eigenvalue weighted by atomic mass is 19.4. The number of alkyl halides is 3. The predicted octanol–water partition coefficient (Wildman–Crippen LogP) is 3.33. The second-order valence-corrected chi connectivity index (χ2v) is 3.22. The van der Waals surface area contributed by atoms with Crippen molar-refractivity contribution in [1.29, 1.82) is 0 Å². The zero-order valence-corrected chi connectivity index (χ0v) is 9.08. The maximum Gasteiger partial charge on any atom is 0.513 e. The van der Waals surface area contributed by atoms with E-state index in [1.807, 2.05) is 0 Å². The molecule has 0 amide bonds. The molecule has 0 N–H and O–H groups in total. The highest BCUT2D eigenvalue weighted by molar-refractivity contribution is 5.63. The van der Waals surface area contributed by atoms with Gasteiger partial charge in [0.25, 0.3) is 0 Å². The van der Waals surface area contributed by atoms with Crippen LogP contribution in [0, 0.1) is 0 Å². The molecule has 0 aliphatic rings. The Morgan fingerprint density at radius 2 is 2.06 bits per heavy atom. The van der Waals surface area contributed by atoms with Crippen LogP contribution in [0.25, 0.3) is 0 Å². The second kappa shape index (κ2) is 5.56. The lowest BCUT2D eigenvalue weighted by molar-refractivity contribution is -0.127. The lowest BCUT2D eigenvalue weighted by Gasteiger charge is -2.08. The predicted molar refractivity (Wildman–Crippen MR) is 53.9 cm³/mol. The molecular formula is C11H11F3O3. The smallest absolute Gasteiger partial charge is 0.434 e. The third kappa shape index (κ3) is 5.24. The molecular weight excluding hydrogens is 237 g/mol. The molecule has 1 rings (SSSR count). The summed E-state index contributed by atoms with van der Waals surface area (Å²) in [5.74, 6) is 0.0326. The molecule has 0 aromatic heterocycles. The Kier molecular flexibility index (Phi) is 4.37. The van der Waals surface area contributed by atoms with Gasteiger partial charge in [0.15, 0.2) is 0 Å². The van der Waals surface area contributed by atoms with Gasteiger partial charge in [-0.2, -0.15) is 13.2 Å². The molecule has 0 radical (unpaired) electrons. The van der Waals surface area contributed by atoms with Crippen molar-refractivity contribution in [3.05, 3.63) is 29.8 Å². The summed E-state index contributed by atoms with van der Waals surface area (Å²) in [6, 6.07) is 5.24. The summed E-state index contributed by atoms with van der Waals surface area (Å²) in [6.07, 6.45) is -6.29. The topological polar surface area (TPSA) is 35.5 Å². The number of carbonyl (C=O) groups excluding carboxylic acids is 1. The van der Waals surface area contributed by atoms with E-state index in [2.05, 4.69) is 9.47 Å². The summed E-state index contributed by atoms with van der Waals surface area (Å²) in [6.45, 7) is 1.74. The van der Waals surface area contributed by atoms with E-state index in [9.17, 15) is 18.0 Å². The van der Waals surface area contributed by atoms with Gasteiger partial charge in [0.1, 0.15) is 5.75 Å². The number of halogens is 3. The third-order valence-electron chi connectivity index (χ3n) is 1.77. The number of ether oxygens (including phenoxy) is 2. The molecule has 0 atom stereocenters. The molecule has 0 fully saturated rings. The van der Waals surface area contributed by atoms with Crippen LogP contribution in [0.5, 0.6) is 5.75 Å². The molecule has 6 heteroatoms. The standard InChI is InChI=1S/C11H11F3O3/c1-2-16-10(15)17-9-5-3-4-8(6-9)7-11(12,13)14/h3-6H,2,7H2,1H3. The molecule has 0 aliphatic heterocycles. The maximum atomic E-state index is 12.1. The Hall–Kier alpha value is -1.72. The molecule has 1 aromatic rings. The van der Waals surface area contributed by atoms with Crippen molar-refractivity contribution in [3.8, 4) is 5.75 Å². The van der Waals surface area contributed by atoms with Crippen molar-refractivity contribution in [3.63, 3.8) is 0 Å². The molecule has 0 saturated carbocycles. The first-order chi connectivity index (χ1) is 7.90. The minimum Gasteiger partial charge on any atom is -0.434 e. The summed E-state index contributed by atoms with van der Waals surface area (Å²) in [5.41, 5.74) is 0.0271. The average Bonchev–Trinajstić information content (AvgIpc) is 2.15. The highest BCUT2D eigenvalue weighted by Gasteiger charge is 2.27. The van der Waals surface area contributed by atoms with Crippen LogP contribution in [0.1, 0.15) is 12.5 Å². The lowest BCUT2D eigenvalue weighted by Crippen LogP contribution is -2.12. The summed E-state index contributed by atoms with van der Waals surface area (Å²) in [5, 5.41) is 0. The average molecular weight is 248 g/mol. The molecule has 0 spiro atoms. The molecule has 1 aromatic carbocycles. The summed E-state index contributed by atoms with van der Waals surface area (Å²) < 4.78 is 45.6. The zero-order chi connectivity index (χ0) is 12.9. The molecule has 94 valence electrons. The molecule has 0 aliphatic carbocycles. The van der Waals surface area contributed by atoms with Crippen LogP contribution >= 0.6 is 0 Å². The minimum absolute atomic E-state index is 0.0271. The van der Waals surface area contributed by atoms with Gasteiger partial charge in [0, 0.05) is 0 Å². The van der Waals surface area contributed by atoms with Gasteiger partial charge >= 0.3 is 12.3 Å². The molecule has 3 nitrogen and oxygen atoms in total. The van der Waals surface area contributed by atoms with E-state index in [0.29, 0.717) is 0 Å². The molecule has 0 bridgehead atoms. The van der Waals surface area contributed by atoms with Crippen LogP contribution in [0.2, 0.25) is 0 Å². The van der Waals surface area contributed by atoms with E-state index in [1.165, 1.54) is 18.2 Å². The molecule has 0 heterocycles. The van der Waals surface area contributed by atoms with Crippen molar-refractivity contribution < 1.29 is 27.4 Å². The van der Waals surface area contributed by atoms with Gasteiger partial charge < -0.3 is 9.47 Å². The van der Waals surface area contributed by atoms with Crippen LogP contribution in [0.15, 0.2) is 24.3 Å². The first kappa shape index (κ1) is 13.3. The SMILES string of the molecule is CCOC(=O)Oc1cccc(CC(F)(F)F)c1. The second-order valence-electron chi connectivity index (χ2n) is 3.22. The number of rotatable bonds is 3. The number of hydrogen-bond donors (Lipinski definition) is 0. The fourth-order valence-electron chi connectivity index (χ4n) is 1.19. The zero-order valence-electron chi connectivity index (χ0n) is 9.08. The van der Waals surface area contributed by atoms with Gasteiger partial charge in [-0.3, -0.25) is 0 Å². The van der Waals surface area contributed by atoms with Gasteiger partial charge in [0.05, 0.1) is 13.0 Å².